The zero-order valence-corrected chi connectivity index (χ0v) is 11.3. The van der Waals surface area contributed by atoms with E-state index in [4.69, 9.17) is 0 Å². The monoisotopic (exact) mass is 246 g/mol. The Bertz CT molecular complexity index is 427. The van der Waals surface area contributed by atoms with E-state index in [0.717, 1.165) is 43.6 Å². The molecular weight excluding hydrogens is 224 g/mol. The molecule has 0 saturated heterocycles. The number of carbonyl (C=O) groups excluding carboxylic acids is 1. The van der Waals surface area contributed by atoms with Crippen molar-refractivity contribution in [2.75, 3.05) is 18.4 Å². The predicted octanol–water partition coefficient (Wildman–Crippen LogP) is 2.82. The van der Waals surface area contributed by atoms with Crippen molar-refractivity contribution in [3.05, 3.63) is 29.3 Å². The highest BCUT2D eigenvalue weighted by molar-refractivity contribution is 5.97. The molecule has 0 spiro atoms. The van der Waals surface area contributed by atoms with E-state index >= 15 is 0 Å². The number of hydrogen-bond donors (Lipinski definition) is 2. The third kappa shape index (κ3) is 3.03. The van der Waals surface area contributed by atoms with Crippen molar-refractivity contribution < 1.29 is 4.79 Å². The van der Waals surface area contributed by atoms with E-state index in [1.165, 1.54) is 5.56 Å². The highest BCUT2D eigenvalue weighted by Gasteiger charge is 2.16. The number of benzene rings is 1. The molecule has 0 radical (unpaired) electrons. The second-order valence-electron chi connectivity index (χ2n) is 5.30. The van der Waals surface area contributed by atoms with Crippen LogP contribution in [0.1, 0.15) is 42.6 Å². The van der Waals surface area contributed by atoms with Crippen LogP contribution >= 0.6 is 0 Å². The molecular formula is C15H22N2O. The molecule has 0 aliphatic carbocycles. The standard InChI is InChI=1S/C15H22N2O/c1-11(2)8-10-17-15(18)13-5-3-7-14-12(13)6-4-9-16-14/h3,5,7,11,16H,4,6,8-10H2,1-2H3,(H,17,18). The summed E-state index contributed by atoms with van der Waals surface area (Å²) in [4.78, 5) is 12.2. The van der Waals surface area contributed by atoms with Gasteiger partial charge in [-0.3, -0.25) is 4.79 Å². The number of hydrogen-bond acceptors (Lipinski definition) is 2. The maximum absolute atomic E-state index is 12.2. The Kier molecular flexibility index (Phi) is 4.24. The fraction of sp³-hybridized carbons (Fsp3) is 0.533. The van der Waals surface area contributed by atoms with Crippen molar-refractivity contribution in [3.63, 3.8) is 0 Å². The third-order valence-corrected chi connectivity index (χ3v) is 3.35. The highest BCUT2D eigenvalue weighted by Crippen LogP contribution is 2.25. The van der Waals surface area contributed by atoms with Crippen LogP contribution in [0.2, 0.25) is 0 Å². The summed E-state index contributed by atoms with van der Waals surface area (Å²) in [5.41, 5.74) is 3.13. The van der Waals surface area contributed by atoms with Crippen molar-refractivity contribution in [2.24, 2.45) is 5.92 Å². The third-order valence-electron chi connectivity index (χ3n) is 3.35. The van der Waals surface area contributed by atoms with Crippen LogP contribution in [0.4, 0.5) is 5.69 Å². The molecule has 0 saturated carbocycles. The van der Waals surface area contributed by atoms with Crippen LogP contribution in [-0.2, 0) is 6.42 Å². The molecule has 1 aromatic rings. The van der Waals surface area contributed by atoms with Gasteiger partial charge in [0.15, 0.2) is 0 Å². The Morgan fingerprint density at radius 1 is 1.44 bits per heavy atom. The molecule has 98 valence electrons. The van der Waals surface area contributed by atoms with E-state index < -0.39 is 0 Å². The van der Waals surface area contributed by atoms with E-state index in [1.54, 1.807) is 0 Å². The number of amides is 1. The second kappa shape index (κ2) is 5.89. The lowest BCUT2D eigenvalue weighted by atomic mass is 9.97. The first kappa shape index (κ1) is 12.9. The van der Waals surface area contributed by atoms with Crippen LogP contribution in [0.15, 0.2) is 18.2 Å². The number of fused-ring (bicyclic) bond motifs is 1. The van der Waals surface area contributed by atoms with Crippen LogP contribution < -0.4 is 10.6 Å². The molecule has 0 atom stereocenters. The molecule has 2 rings (SSSR count). The fourth-order valence-corrected chi connectivity index (χ4v) is 2.29. The van der Waals surface area contributed by atoms with Gasteiger partial charge in [0.05, 0.1) is 0 Å². The summed E-state index contributed by atoms with van der Waals surface area (Å²) in [7, 11) is 0. The van der Waals surface area contributed by atoms with Crippen LogP contribution in [0.5, 0.6) is 0 Å². The molecule has 0 bridgehead atoms. The summed E-state index contributed by atoms with van der Waals surface area (Å²) in [5.74, 6) is 0.688. The Morgan fingerprint density at radius 3 is 3.06 bits per heavy atom. The molecule has 0 fully saturated rings. The molecule has 18 heavy (non-hydrogen) atoms. The van der Waals surface area contributed by atoms with Gasteiger partial charge in [0.25, 0.3) is 5.91 Å². The lowest BCUT2D eigenvalue weighted by molar-refractivity contribution is 0.0951. The fourth-order valence-electron chi connectivity index (χ4n) is 2.29. The quantitative estimate of drug-likeness (QED) is 0.857. The Balaban J connectivity index is 2.06. The zero-order chi connectivity index (χ0) is 13.0. The van der Waals surface area contributed by atoms with Gasteiger partial charge in [-0.25, -0.2) is 0 Å². The predicted molar refractivity (Wildman–Crippen MR) is 75.0 cm³/mol. The molecule has 1 aromatic carbocycles. The minimum absolute atomic E-state index is 0.0659. The van der Waals surface area contributed by atoms with Gasteiger partial charge in [0.1, 0.15) is 0 Å². The first-order chi connectivity index (χ1) is 8.68. The maximum Gasteiger partial charge on any atom is 0.251 e. The summed E-state index contributed by atoms with van der Waals surface area (Å²) in [6, 6.07) is 5.93. The highest BCUT2D eigenvalue weighted by atomic mass is 16.1. The van der Waals surface area contributed by atoms with Crippen LogP contribution in [0, 0.1) is 5.92 Å². The molecule has 3 heteroatoms. The van der Waals surface area contributed by atoms with Gasteiger partial charge in [-0.2, -0.15) is 0 Å². The Hall–Kier alpha value is -1.51. The maximum atomic E-state index is 12.2. The van der Waals surface area contributed by atoms with Gasteiger partial charge in [-0.05, 0) is 42.9 Å². The van der Waals surface area contributed by atoms with Crippen molar-refractivity contribution in [1.82, 2.24) is 5.32 Å². The normalized spacial score (nSPS) is 13.9. The van der Waals surface area contributed by atoms with Gasteiger partial charge in [-0.15, -0.1) is 0 Å². The van der Waals surface area contributed by atoms with Crippen molar-refractivity contribution in [1.29, 1.82) is 0 Å². The zero-order valence-electron chi connectivity index (χ0n) is 11.3. The summed E-state index contributed by atoms with van der Waals surface area (Å²) < 4.78 is 0. The van der Waals surface area contributed by atoms with Gasteiger partial charge in [-0.1, -0.05) is 19.9 Å². The van der Waals surface area contributed by atoms with Crippen molar-refractivity contribution in [2.45, 2.75) is 33.1 Å². The molecule has 2 N–H and O–H groups in total. The topological polar surface area (TPSA) is 41.1 Å². The Labute approximate surface area is 109 Å². The Morgan fingerprint density at radius 2 is 2.28 bits per heavy atom. The van der Waals surface area contributed by atoms with Gasteiger partial charge in [0, 0.05) is 24.3 Å². The van der Waals surface area contributed by atoms with E-state index in [1.807, 2.05) is 12.1 Å². The van der Waals surface area contributed by atoms with Gasteiger partial charge in [0.2, 0.25) is 0 Å². The summed E-state index contributed by atoms with van der Waals surface area (Å²) in [6.45, 7) is 6.10. The molecule has 0 aromatic heterocycles. The van der Waals surface area contributed by atoms with E-state index in [-0.39, 0.29) is 5.91 Å². The second-order valence-corrected chi connectivity index (χ2v) is 5.30. The number of rotatable bonds is 4. The lowest BCUT2D eigenvalue weighted by Gasteiger charge is -2.20. The average Bonchev–Trinajstić information content (AvgIpc) is 2.37. The lowest BCUT2D eigenvalue weighted by Crippen LogP contribution is -2.27. The number of anilines is 1. The SMILES string of the molecule is CC(C)CCNC(=O)c1cccc2c1CCCN2. The minimum atomic E-state index is 0.0659. The van der Waals surface area contributed by atoms with Crippen molar-refractivity contribution in [3.8, 4) is 0 Å². The summed E-state index contributed by atoms with van der Waals surface area (Å²) in [6.07, 6.45) is 3.12. The number of nitrogens with one attached hydrogen (secondary N) is 2. The van der Waals surface area contributed by atoms with Gasteiger partial charge < -0.3 is 10.6 Å². The van der Waals surface area contributed by atoms with Crippen LogP contribution in [0.25, 0.3) is 0 Å². The van der Waals surface area contributed by atoms with Crippen LogP contribution in [0.3, 0.4) is 0 Å². The number of carbonyl (C=O) groups is 1. The molecule has 1 aliphatic rings. The molecule has 3 nitrogen and oxygen atoms in total. The average molecular weight is 246 g/mol. The molecule has 0 unspecified atom stereocenters. The summed E-state index contributed by atoms with van der Waals surface area (Å²) >= 11 is 0. The molecule has 1 aliphatic heterocycles. The van der Waals surface area contributed by atoms with E-state index in [9.17, 15) is 4.79 Å². The largest absolute Gasteiger partial charge is 0.385 e. The van der Waals surface area contributed by atoms with Crippen molar-refractivity contribution >= 4 is 11.6 Å². The minimum Gasteiger partial charge on any atom is -0.385 e. The summed E-state index contributed by atoms with van der Waals surface area (Å²) in [5, 5.41) is 6.37. The molecule has 1 heterocycles. The first-order valence-electron chi connectivity index (χ1n) is 6.82. The molecule has 1 amide bonds. The van der Waals surface area contributed by atoms with Gasteiger partial charge >= 0.3 is 0 Å². The smallest absolute Gasteiger partial charge is 0.251 e. The van der Waals surface area contributed by atoms with Crippen LogP contribution in [-0.4, -0.2) is 19.0 Å². The first-order valence-corrected chi connectivity index (χ1v) is 6.82. The van der Waals surface area contributed by atoms with E-state index in [0.29, 0.717) is 5.92 Å². The van der Waals surface area contributed by atoms with E-state index in [2.05, 4.69) is 30.5 Å².